The summed E-state index contributed by atoms with van der Waals surface area (Å²) in [7, 11) is 0. The fourth-order valence-corrected chi connectivity index (χ4v) is 2.48. The number of hydrogen-bond acceptors (Lipinski definition) is 6. The van der Waals surface area contributed by atoms with E-state index in [0.717, 1.165) is 22.9 Å². The maximum atomic E-state index is 11.5. The number of aromatic nitrogens is 2. The van der Waals surface area contributed by atoms with Crippen LogP contribution in [0.5, 0.6) is 0 Å². The minimum absolute atomic E-state index is 0.154. The molecule has 0 fully saturated rings. The zero-order valence-electron chi connectivity index (χ0n) is 13.2. The molecule has 122 valence electrons. The quantitative estimate of drug-likeness (QED) is 0.524. The molecule has 2 N–H and O–H groups in total. The highest BCUT2D eigenvalue weighted by Gasteiger charge is 2.23. The highest BCUT2D eigenvalue weighted by molar-refractivity contribution is 5.95. The second-order valence-electron chi connectivity index (χ2n) is 5.26. The first-order valence-corrected chi connectivity index (χ1v) is 7.68. The van der Waals surface area contributed by atoms with E-state index in [0.29, 0.717) is 6.54 Å². The fourth-order valence-electron chi connectivity index (χ4n) is 2.48. The van der Waals surface area contributed by atoms with Crippen LogP contribution in [-0.2, 0) is 0 Å². The van der Waals surface area contributed by atoms with Crippen molar-refractivity contribution >= 4 is 33.8 Å². The largest absolute Gasteiger partial charge is 0.364 e. The lowest BCUT2D eigenvalue weighted by Gasteiger charge is -2.11. The molecule has 0 spiro atoms. The van der Waals surface area contributed by atoms with Crippen molar-refractivity contribution < 1.29 is 4.92 Å². The molecule has 0 aliphatic carbocycles. The minimum Gasteiger partial charge on any atom is -0.364 e. The molecule has 0 amide bonds. The third kappa shape index (κ3) is 3.10. The van der Waals surface area contributed by atoms with E-state index in [1.165, 1.54) is 6.33 Å². The molecule has 0 aliphatic rings. The van der Waals surface area contributed by atoms with E-state index in [1.807, 2.05) is 49.4 Å². The van der Waals surface area contributed by atoms with Gasteiger partial charge < -0.3 is 10.6 Å². The minimum atomic E-state index is -0.467. The van der Waals surface area contributed by atoms with Crippen molar-refractivity contribution in [3.63, 3.8) is 0 Å². The Morgan fingerprint density at radius 2 is 1.83 bits per heavy atom. The molecule has 0 saturated carbocycles. The summed E-state index contributed by atoms with van der Waals surface area (Å²) in [4.78, 5) is 19.1. The van der Waals surface area contributed by atoms with Crippen LogP contribution in [0, 0.1) is 10.1 Å². The number of fused-ring (bicyclic) bond motifs is 1. The van der Waals surface area contributed by atoms with Crippen molar-refractivity contribution in [2.45, 2.75) is 13.3 Å². The van der Waals surface area contributed by atoms with Crippen LogP contribution < -0.4 is 10.6 Å². The lowest BCUT2D eigenvalue weighted by atomic mass is 10.1. The van der Waals surface area contributed by atoms with Gasteiger partial charge in [0.25, 0.3) is 0 Å². The van der Waals surface area contributed by atoms with Gasteiger partial charge in [-0.25, -0.2) is 9.97 Å². The van der Waals surface area contributed by atoms with Crippen LogP contribution in [-0.4, -0.2) is 21.4 Å². The van der Waals surface area contributed by atoms with Gasteiger partial charge in [-0.05, 0) is 17.9 Å². The van der Waals surface area contributed by atoms with E-state index in [4.69, 9.17) is 0 Å². The Balaban J connectivity index is 2.04. The normalized spacial score (nSPS) is 10.5. The summed E-state index contributed by atoms with van der Waals surface area (Å²) in [5.74, 6) is 0.393. The monoisotopic (exact) mass is 323 g/mol. The predicted octanol–water partition coefficient (Wildman–Crippen LogP) is 4.10. The maximum absolute atomic E-state index is 11.5. The van der Waals surface area contributed by atoms with Gasteiger partial charge in [0.15, 0.2) is 0 Å². The molecule has 0 atom stereocenters. The number of nitrogens with one attached hydrogen (secondary N) is 2. The summed E-state index contributed by atoms with van der Waals surface area (Å²) >= 11 is 0. The number of nitrogens with zero attached hydrogens (tertiary/aromatic N) is 3. The molecule has 0 radical (unpaired) electrons. The molecule has 7 nitrogen and oxygen atoms in total. The van der Waals surface area contributed by atoms with Crippen molar-refractivity contribution in [3.8, 4) is 0 Å². The highest BCUT2D eigenvalue weighted by Crippen LogP contribution is 2.33. The van der Waals surface area contributed by atoms with Crippen LogP contribution in [0.4, 0.5) is 23.0 Å². The predicted molar refractivity (Wildman–Crippen MR) is 94.7 cm³/mol. The average molecular weight is 323 g/mol. The number of rotatable bonds is 6. The highest BCUT2D eigenvalue weighted by atomic mass is 16.6. The van der Waals surface area contributed by atoms with Gasteiger partial charge in [0.1, 0.15) is 6.33 Å². The second kappa shape index (κ2) is 6.91. The van der Waals surface area contributed by atoms with Crippen LogP contribution in [0.1, 0.15) is 13.3 Å². The van der Waals surface area contributed by atoms with Crippen molar-refractivity contribution in [1.82, 2.24) is 9.97 Å². The van der Waals surface area contributed by atoms with E-state index in [-0.39, 0.29) is 17.3 Å². The SMILES string of the molecule is CCCNc1ncnc(Nc2cccc3ccccc23)c1[N+](=O)[O-]. The zero-order chi connectivity index (χ0) is 16.9. The zero-order valence-corrected chi connectivity index (χ0v) is 13.2. The number of benzene rings is 2. The van der Waals surface area contributed by atoms with Gasteiger partial charge in [-0.15, -0.1) is 0 Å². The topological polar surface area (TPSA) is 93.0 Å². The van der Waals surface area contributed by atoms with Gasteiger partial charge in [0.2, 0.25) is 11.6 Å². The first kappa shape index (κ1) is 15.7. The molecule has 7 heteroatoms. The van der Waals surface area contributed by atoms with Gasteiger partial charge >= 0.3 is 5.69 Å². The number of hydrogen-bond donors (Lipinski definition) is 2. The Morgan fingerprint density at radius 1 is 1.08 bits per heavy atom. The summed E-state index contributed by atoms with van der Waals surface area (Å²) in [6.07, 6.45) is 2.16. The van der Waals surface area contributed by atoms with Crippen molar-refractivity contribution in [2.24, 2.45) is 0 Å². The number of anilines is 3. The van der Waals surface area contributed by atoms with Crippen molar-refractivity contribution in [2.75, 3.05) is 17.2 Å². The molecule has 0 saturated heterocycles. The van der Waals surface area contributed by atoms with Crippen LogP contribution in [0.25, 0.3) is 10.8 Å². The molecule has 0 aliphatic heterocycles. The lowest BCUT2D eigenvalue weighted by molar-refractivity contribution is -0.383. The molecule has 0 bridgehead atoms. The molecule has 1 aromatic heterocycles. The van der Waals surface area contributed by atoms with E-state index in [2.05, 4.69) is 20.6 Å². The summed E-state index contributed by atoms with van der Waals surface area (Å²) in [6, 6.07) is 13.6. The third-order valence-electron chi connectivity index (χ3n) is 3.59. The Hall–Kier alpha value is -3.22. The Morgan fingerprint density at radius 3 is 2.62 bits per heavy atom. The Kier molecular flexibility index (Phi) is 4.51. The van der Waals surface area contributed by atoms with Gasteiger partial charge in [-0.3, -0.25) is 10.1 Å². The van der Waals surface area contributed by atoms with Gasteiger partial charge in [-0.2, -0.15) is 0 Å². The molecule has 24 heavy (non-hydrogen) atoms. The molecule has 3 rings (SSSR count). The van der Waals surface area contributed by atoms with E-state index >= 15 is 0 Å². The van der Waals surface area contributed by atoms with Crippen LogP contribution >= 0.6 is 0 Å². The van der Waals surface area contributed by atoms with E-state index in [9.17, 15) is 10.1 Å². The second-order valence-corrected chi connectivity index (χ2v) is 5.26. The summed E-state index contributed by atoms with van der Waals surface area (Å²) in [5.41, 5.74) is 0.607. The van der Waals surface area contributed by atoms with Gasteiger partial charge in [-0.1, -0.05) is 43.3 Å². The average Bonchev–Trinajstić information content (AvgIpc) is 2.60. The van der Waals surface area contributed by atoms with Crippen LogP contribution in [0.3, 0.4) is 0 Å². The summed E-state index contributed by atoms with van der Waals surface area (Å²) in [5, 5.41) is 19.6. The first-order valence-electron chi connectivity index (χ1n) is 7.68. The molecule has 2 aromatic carbocycles. The van der Waals surface area contributed by atoms with Crippen molar-refractivity contribution in [1.29, 1.82) is 0 Å². The van der Waals surface area contributed by atoms with Crippen LogP contribution in [0.15, 0.2) is 48.8 Å². The van der Waals surface area contributed by atoms with Crippen molar-refractivity contribution in [3.05, 3.63) is 58.9 Å². The standard InChI is InChI=1S/C17H17N5O2/c1-2-10-18-16-15(22(23)24)17(20-11-19-16)21-14-9-5-7-12-6-3-4-8-13(12)14/h3-9,11H,2,10H2,1H3,(H2,18,19,20,21). The smallest absolute Gasteiger partial charge is 0.353 e. The van der Waals surface area contributed by atoms with Gasteiger partial charge in [0, 0.05) is 17.6 Å². The van der Waals surface area contributed by atoms with Gasteiger partial charge in [0.05, 0.1) is 4.92 Å². The summed E-state index contributed by atoms with van der Waals surface area (Å²) < 4.78 is 0. The number of nitro groups is 1. The van der Waals surface area contributed by atoms with E-state index < -0.39 is 4.92 Å². The molecule has 1 heterocycles. The lowest BCUT2D eigenvalue weighted by Crippen LogP contribution is -2.08. The van der Waals surface area contributed by atoms with Crippen LogP contribution in [0.2, 0.25) is 0 Å². The van der Waals surface area contributed by atoms with E-state index in [1.54, 1.807) is 0 Å². The Labute approximate surface area is 138 Å². The molecular weight excluding hydrogens is 306 g/mol. The molecular formula is C17H17N5O2. The Bertz CT molecular complexity index is 876. The third-order valence-corrected chi connectivity index (χ3v) is 3.59. The molecule has 3 aromatic rings. The molecule has 0 unspecified atom stereocenters. The maximum Gasteiger partial charge on any atom is 0.353 e. The fraction of sp³-hybridized carbons (Fsp3) is 0.176. The summed E-state index contributed by atoms with van der Waals surface area (Å²) in [6.45, 7) is 2.58. The first-order chi connectivity index (χ1) is 11.7.